The fourth-order valence-corrected chi connectivity index (χ4v) is 3.25. The summed E-state index contributed by atoms with van der Waals surface area (Å²) in [4.78, 5) is 9.19. The summed E-state index contributed by atoms with van der Waals surface area (Å²) in [5, 5.41) is 0. The molecule has 1 aliphatic heterocycles. The van der Waals surface area contributed by atoms with E-state index in [0.717, 1.165) is 37.6 Å². The second-order valence-corrected chi connectivity index (χ2v) is 7.39. The van der Waals surface area contributed by atoms with Crippen LogP contribution in [0.1, 0.15) is 24.3 Å². The van der Waals surface area contributed by atoms with Crippen LogP contribution >= 0.6 is 0 Å². The Morgan fingerprint density at radius 2 is 1.96 bits per heavy atom. The molecular formula is C14H16F3N3O3S. The van der Waals surface area contributed by atoms with E-state index in [4.69, 9.17) is 0 Å². The average Bonchev–Trinajstić information content (AvgIpc) is 2.89. The van der Waals surface area contributed by atoms with Crippen molar-refractivity contribution in [2.24, 2.45) is 0 Å². The lowest BCUT2D eigenvalue weighted by Crippen LogP contribution is -2.29. The molecular weight excluding hydrogens is 347 g/mol. The summed E-state index contributed by atoms with van der Waals surface area (Å²) in [5.74, 6) is -0.370. The number of piperidine rings is 1. The zero-order valence-corrected chi connectivity index (χ0v) is 13.6. The number of hydrogen-bond donors (Lipinski definition) is 1. The number of nitrogens with one attached hydrogen (secondary N) is 1. The largest absolute Gasteiger partial charge is 0.534 e. The van der Waals surface area contributed by atoms with Crippen LogP contribution in [0.4, 0.5) is 13.2 Å². The Balaban J connectivity index is 1.92. The summed E-state index contributed by atoms with van der Waals surface area (Å²) in [6.45, 7) is 1.83. The zero-order chi connectivity index (χ0) is 17.5. The number of fused-ring (bicyclic) bond motifs is 1. The Bertz CT molecular complexity index is 840. The van der Waals surface area contributed by atoms with E-state index in [1.54, 1.807) is 6.20 Å². The summed E-state index contributed by atoms with van der Waals surface area (Å²) >= 11 is 0. The highest BCUT2D eigenvalue weighted by molar-refractivity contribution is 7.87. The molecule has 3 heterocycles. The van der Waals surface area contributed by atoms with Gasteiger partial charge in [-0.1, -0.05) is 0 Å². The summed E-state index contributed by atoms with van der Waals surface area (Å²) in [7, 11) is -3.70. The minimum Gasteiger partial charge on any atom is -0.360 e. The van der Waals surface area contributed by atoms with Crippen molar-refractivity contribution >= 4 is 21.2 Å². The van der Waals surface area contributed by atoms with E-state index in [0.29, 0.717) is 11.0 Å². The van der Waals surface area contributed by atoms with E-state index in [1.165, 1.54) is 6.07 Å². The van der Waals surface area contributed by atoms with Gasteiger partial charge in [-0.15, -0.1) is 0 Å². The predicted molar refractivity (Wildman–Crippen MR) is 81.2 cm³/mol. The van der Waals surface area contributed by atoms with Crippen molar-refractivity contribution < 1.29 is 25.8 Å². The van der Waals surface area contributed by atoms with E-state index < -0.39 is 21.5 Å². The third-order valence-corrected chi connectivity index (χ3v) is 5.12. The standard InChI is InChI=1S/C14H16F3N3O3S/c1-20-6-4-9(5-7-20)10-8-18-11-2-3-12(19-13(10)11)23-24(21,22)14(15,16)17/h2-3,8-9,18H,4-7H2,1H3. The molecule has 0 aromatic carbocycles. The lowest BCUT2D eigenvalue weighted by molar-refractivity contribution is -0.0501. The first-order valence-corrected chi connectivity index (χ1v) is 8.75. The van der Waals surface area contributed by atoms with Gasteiger partial charge in [0, 0.05) is 12.3 Å². The maximum Gasteiger partial charge on any atom is 0.534 e. The molecule has 1 aliphatic rings. The van der Waals surface area contributed by atoms with Gasteiger partial charge in [-0.2, -0.15) is 21.6 Å². The van der Waals surface area contributed by atoms with Crippen molar-refractivity contribution in [3.05, 3.63) is 23.9 Å². The van der Waals surface area contributed by atoms with E-state index >= 15 is 0 Å². The highest BCUT2D eigenvalue weighted by Crippen LogP contribution is 2.33. The number of hydrogen-bond acceptors (Lipinski definition) is 5. The molecule has 2 aromatic heterocycles. The Hall–Kier alpha value is -1.81. The zero-order valence-electron chi connectivity index (χ0n) is 12.8. The molecule has 2 aromatic rings. The van der Waals surface area contributed by atoms with Crippen molar-refractivity contribution in [2.45, 2.75) is 24.3 Å². The van der Waals surface area contributed by atoms with Crippen LogP contribution in [0.2, 0.25) is 0 Å². The summed E-state index contributed by atoms with van der Waals surface area (Å²) in [5.41, 5.74) is -3.55. The molecule has 24 heavy (non-hydrogen) atoms. The number of halogens is 3. The number of aromatic nitrogens is 2. The van der Waals surface area contributed by atoms with Crippen molar-refractivity contribution in [2.75, 3.05) is 20.1 Å². The second-order valence-electron chi connectivity index (χ2n) is 5.85. The highest BCUT2D eigenvalue weighted by atomic mass is 32.2. The van der Waals surface area contributed by atoms with Gasteiger partial charge in [0.2, 0.25) is 5.88 Å². The van der Waals surface area contributed by atoms with Crippen LogP contribution in [-0.2, 0) is 10.1 Å². The van der Waals surface area contributed by atoms with Crippen LogP contribution in [-0.4, -0.2) is 48.9 Å². The number of nitrogens with zero attached hydrogens (tertiary/aromatic N) is 2. The molecule has 132 valence electrons. The average molecular weight is 363 g/mol. The topological polar surface area (TPSA) is 75.3 Å². The number of aromatic amines is 1. The van der Waals surface area contributed by atoms with Gasteiger partial charge < -0.3 is 14.1 Å². The van der Waals surface area contributed by atoms with Crippen LogP contribution < -0.4 is 4.18 Å². The highest BCUT2D eigenvalue weighted by Gasteiger charge is 2.48. The third-order valence-electron chi connectivity index (χ3n) is 4.16. The molecule has 3 rings (SSSR count). The van der Waals surface area contributed by atoms with Gasteiger partial charge in [-0.25, -0.2) is 4.98 Å². The third kappa shape index (κ3) is 3.20. The van der Waals surface area contributed by atoms with Gasteiger partial charge in [0.05, 0.1) is 11.0 Å². The quantitative estimate of drug-likeness (QED) is 0.670. The maximum atomic E-state index is 12.4. The first-order chi connectivity index (χ1) is 11.2. The van der Waals surface area contributed by atoms with Gasteiger partial charge in [0.1, 0.15) is 0 Å². The monoisotopic (exact) mass is 363 g/mol. The predicted octanol–water partition coefficient (Wildman–Crippen LogP) is 2.60. The van der Waals surface area contributed by atoms with Gasteiger partial charge in [0.25, 0.3) is 0 Å². The molecule has 0 saturated carbocycles. The summed E-state index contributed by atoms with van der Waals surface area (Å²) in [6.07, 6.45) is 3.57. The first kappa shape index (κ1) is 17.0. The molecule has 1 fully saturated rings. The molecule has 0 radical (unpaired) electrons. The Kier molecular flexibility index (Phi) is 4.20. The molecule has 0 bridgehead atoms. The number of H-pyrrole nitrogens is 1. The minimum absolute atomic E-state index is 0.219. The minimum atomic E-state index is -5.73. The van der Waals surface area contributed by atoms with Crippen LogP contribution in [0.5, 0.6) is 5.88 Å². The molecule has 0 amide bonds. The molecule has 1 N–H and O–H groups in total. The molecule has 10 heteroatoms. The molecule has 0 unspecified atom stereocenters. The lowest BCUT2D eigenvalue weighted by Gasteiger charge is -2.28. The van der Waals surface area contributed by atoms with Gasteiger partial charge in [0.15, 0.2) is 0 Å². The lowest BCUT2D eigenvalue weighted by atomic mass is 9.91. The van der Waals surface area contributed by atoms with E-state index in [1.807, 2.05) is 7.05 Å². The van der Waals surface area contributed by atoms with Crippen LogP contribution in [0.15, 0.2) is 18.3 Å². The smallest absolute Gasteiger partial charge is 0.360 e. The van der Waals surface area contributed by atoms with E-state index in [2.05, 4.69) is 19.1 Å². The van der Waals surface area contributed by atoms with Gasteiger partial charge >= 0.3 is 15.6 Å². The van der Waals surface area contributed by atoms with Crippen LogP contribution in [0.25, 0.3) is 11.0 Å². The number of pyridine rings is 1. The molecule has 0 aliphatic carbocycles. The van der Waals surface area contributed by atoms with E-state index in [-0.39, 0.29) is 5.92 Å². The fourth-order valence-electron chi connectivity index (χ4n) is 2.84. The van der Waals surface area contributed by atoms with Crippen LogP contribution in [0, 0.1) is 0 Å². The van der Waals surface area contributed by atoms with Crippen molar-refractivity contribution in [1.29, 1.82) is 0 Å². The molecule has 6 nitrogen and oxygen atoms in total. The molecule has 1 saturated heterocycles. The Labute approximate surface area is 136 Å². The first-order valence-electron chi connectivity index (χ1n) is 7.35. The number of likely N-dealkylation sites (tertiary alicyclic amines) is 1. The molecule has 0 spiro atoms. The van der Waals surface area contributed by atoms with Gasteiger partial charge in [-0.05, 0) is 50.5 Å². The Morgan fingerprint density at radius 1 is 1.29 bits per heavy atom. The molecule has 0 atom stereocenters. The van der Waals surface area contributed by atoms with Crippen LogP contribution in [0.3, 0.4) is 0 Å². The van der Waals surface area contributed by atoms with Crippen molar-refractivity contribution in [3.8, 4) is 5.88 Å². The summed E-state index contributed by atoms with van der Waals surface area (Å²) < 4.78 is 63.6. The van der Waals surface area contributed by atoms with E-state index in [9.17, 15) is 21.6 Å². The fraction of sp³-hybridized carbons (Fsp3) is 0.500. The summed E-state index contributed by atoms with van der Waals surface area (Å²) in [6, 6.07) is 2.56. The van der Waals surface area contributed by atoms with Crippen molar-refractivity contribution in [1.82, 2.24) is 14.9 Å². The maximum absolute atomic E-state index is 12.4. The second kappa shape index (κ2) is 5.92. The number of alkyl halides is 3. The normalized spacial score (nSPS) is 18.2. The Morgan fingerprint density at radius 3 is 2.58 bits per heavy atom. The van der Waals surface area contributed by atoms with Gasteiger partial charge in [-0.3, -0.25) is 0 Å². The SMILES string of the molecule is CN1CCC(c2c[nH]c3ccc(OS(=O)(=O)C(F)(F)F)nc23)CC1. The number of rotatable bonds is 3. The van der Waals surface area contributed by atoms with Crippen molar-refractivity contribution in [3.63, 3.8) is 0 Å².